The summed E-state index contributed by atoms with van der Waals surface area (Å²) < 4.78 is 0. The molecule has 0 saturated carbocycles. The molecule has 2 rings (SSSR count). The molecular weight excluding hydrogens is 193 g/mol. The minimum absolute atomic E-state index is 0.279. The Balaban J connectivity index is 2.24. The van der Waals surface area contributed by atoms with E-state index >= 15 is 0 Å². The van der Waals surface area contributed by atoms with Gasteiger partial charge >= 0.3 is 0 Å². The Labute approximate surface area is 100.0 Å². The second kappa shape index (κ2) is 4.62. The van der Waals surface area contributed by atoms with E-state index < -0.39 is 0 Å². The number of rotatable bonds is 1. The quantitative estimate of drug-likeness (QED) is 0.651. The van der Waals surface area contributed by atoms with Gasteiger partial charge in [0.05, 0.1) is 0 Å². The van der Waals surface area contributed by atoms with Crippen molar-refractivity contribution in [2.45, 2.75) is 45.5 Å². The summed E-state index contributed by atoms with van der Waals surface area (Å²) in [5.41, 5.74) is 1.76. The Kier molecular flexibility index (Phi) is 3.39. The molecule has 0 amide bonds. The third kappa shape index (κ3) is 2.49. The molecule has 1 fully saturated rings. The number of hydrogen-bond donors (Lipinski definition) is 0. The topological polar surface area (TPSA) is 3.24 Å². The van der Waals surface area contributed by atoms with E-state index in [2.05, 4.69) is 55.9 Å². The fraction of sp³-hybridized carbons (Fsp3) is 0.571. The zero-order valence-electron chi connectivity index (χ0n) is 10.7. The monoisotopic (exact) mass is 215 g/mol. The first kappa shape index (κ1) is 11.7. The van der Waals surface area contributed by atoms with Crippen LogP contribution < -0.4 is 5.46 Å². The maximum Gasteiger partial charge on any atom is 0.257 e. The number of nitrogens with zero attached hydrogens (tertiary/aromatic N) is 1. The average molecular weight is 215 g/mol. The van der Waals surface area contributed by atoms with E-state index in [0.29, 0.717) is 6.85 Å². The van der Waals surface area contributed by atoms with Crippen molar-refractivity contribution in [3.05, 3.63) is 30.3 Å². The fourth-order valence-electron chi connectivity index (χ4n) is 2.76. The highest BCUT2D eigenvalue weighted by molar-refractivity contribution is 6.71. The van der Waals surface area contributed by atoms with Gasteiger partial charge in [0, 0.05) is 5.54 Å². The second-order valence-corrected chi connectivity index (χ2v) is 5.79. The van der Waals surface area contributed by atoms with Gasteiger partial charge in [-0.25, -0.2) is 0 Å². The number of hydrogen-bond acceptors (Lipinski definition) is 1. The van der Waals surface area contributed by atoms with Gasteiger partial charge in [-0.2, -0.15) is 0 Å². The first-order valence-electron chi connectivity index (χ1n) is 6.41. The SMILES string of the molecule is CC(C)(C)N1CCCCB1c1ccccc1. The largest absolute Gasteiger partial charge is 0.333 e. The molecule has 1 aromatic rings. The normalized spacial score (nSPS) is 18.8. The highest BCUT2D eigenvalue weighted by Gasteiger charge is 2.34. The molecule has 1 aliphatic rings. The van der Waals surface area contributed by atoms with Crippen molar-refractivity contribution < 1.29 is 0 Å². The molecule has 0 aliphatic carbocycles. The van der Waals surface area contributed by atoms with Crippen LogP contribution in [0.4, 0.5) is 0 Å². The summed E-state index contributed by atoms with van der Waals surface area (Å²) in [6.45, 7) is 8.84. The zero-order chi connectivity index (χ0) is 11.6. The Morgan fingerprint density at radius 2 is 1.75 bits per heavy atom. The van der Waals surface area contributed by atoms with Crippen LogP contribution in [0.15, 0.2) is 30.3 Å². The van der Waals surface area contributed by atoms with E-state index in [-0.39, 0.29) is 5.54 Å². The maximum absolute atomic E-state index is 2.66. The lowest BCUT2D eigenvalue weighted by atomic mass is 9.48. The Hall–Kier alpha value is -0.755. The third-order valence-electron chi connectivity index (χ3n) is 3.55. The predicted octanol–water partition coefficient (Wildman–Crippen LogP) is 2.78. The predicted molar refractivity (Wildman–Crippen MR) is 72.3 cm³/mol. The molecule has 1 saturated heterocycles. The first-order chi connectivity index (χ1) is 7.59. The molecule has 0 N–H and O–H groups in total. The summed E-state index contributed by atoms with van der Waals surface area (Å²) in [5, 5.41) is 0. The van der Waals surface area contributed by atoms with Crippen LogP contribution in [0.2, 0.25) is 6.32 Å². The molecule has 2 heteroatoms. The van der Waals surface area contributed by atoms with Gasteiger partial charge in [-0.05, 0) is 33.7 Å². The highest BCUT2D eigenvalue weighted by Crippen LogP contribution is 2.23. The van der Waals surface area contributed by atoms with E-state index in [9.17, 15) is 0 Å². The van der Waals surface area contributed by atoms with Crippen LogP contribution in [0.25, 0.3) is 0 Å². The standard InChI is InChI=1S/C14H22BN/c1-14(2,3)16-12-8-7-11-15(16)13-9-5-4-6-10-13/h4-6,9-10H,7-8,11-12H2,1-3H3. The summed E-state index contributed by atoms with van der Waals surface area (Å²) in [4.78, 5) is 2.66. The lowest BCUT2D eigenvalue weighted by molar-refractivity contribution is 0.234. The lowest BCUT2D eigenvalue weighted by Gasteiger charge is -2.43. The van der Waals surface area contributed by atoms with E-state index in [1.165, 1.54) is 31.2 Å². The van der Waals surface area contributed by atoms with Crippen molar-refractivity contribution in [2.75, 3.05) is 6.54 Å². The van der Waals surface area contributed by atoms with Gasteiger partial charge in [-0.3, -0.25) is 0 Å². The molecule has 16 heavy (non-hydrogen) atoms. The smallest absolute Gasteiger partial charge is 0.257 e. The van der Waals surface area contributed by atoms with Gasteiger partial charge in [0.25, 0.3) is 6.85 Å². The Morgan fingerprint density at radius 1 is 1.06 bits per heavy atom. The summed E-state index contributed by atoms with van der Waals surface area (Å²) in [6.07, 6.45) is 4.02. The van der Waals surface area contributed by atoms with Crippen molar-refractivity contribution in [2.24, 2.45) is 0 Å². The first-order valence-corrected chi connectivity index (χ1v) is 6.41. The van der Waals surface area contributed by atoms with Crippen LogP contribution in [0.3, 0.4) is 0 Å². The van der Waals surface area contributed by atoms with Crippen LogP contribution in [-0.2, 0) is 0 Å². The number of benzene rings is 1. The van der Waals surface area contributed by atoms with Gasteiger partial charge in [-0.15, -0.1) is 0 Å². The second-order valence-electron chi connectivity index (χ2n) is 5.79. The average Bonchev–Trinajstić information content (AvgIpc) is 2.29. The zero-order valence-corrected chi connectivity index (χ0v) is 10.7. The molecule has 0 unspecified atom stereocenters. The molecule has 1 nitrogen and oxygen atoms in total. The van der Waals surface area contributed by atoms with Gasteiger partial charge in [0.15, 0.2) is 0 Å². The third-order valence-corrected chi connectivity index (χ3v) is 3.55. The molecule has 1 aromatic carbocycles. The summed E-state index contributed by atoms with van der Waals surface area (Å²) >= 11 is 0. The van der Waals surface area contributed by atoms with Crippen LogP contribution in [0.1, 0.15) is 33.6 Å². The van der Waals surface area contributed by atoms with Crippen molar-refractivity contribution in [3.8, 4) is 0 Å². The van der Waals surface area contributed by atoms with E-state index in [0.717, 1.165) is 0 Å². The Morgan fingerprint density at radius 3 is 2.38 bits per heavy atom. The minimum Gasteiger partial charge on any atom is -0.333 e. The van der Waals surface area contributed by atoms with Crippen molar-refractivity contribution in [3.63, 3.8) is 0 Å². The summed E-state index contributed by atoms with van der Waals surface area (Å²) in [6, 6.07) is 11.0. The summed E-state index contributed by atoms with van der Waals surface area (Å²) in [7, 11) is 0. The van der Waals surface area contributed by atoms with Crippen molar-refractivity contribution >= 4 is 12.3 Å². The fourth-order valence-corrected chi connectivity index (χ4v) is 2.76. The van der Waals surface area contributed by atoms with Crippen LogP contribution >= 0.6 is 0 Å². The molecule has 0 radical (unpaired) electrons. The van der Waals surface area contributed by atoms with Crippen LogP contribution in [0.5, 0.6) is 0 Å². The molecule has 0 aromatic heterocycles. The van der Waals surface area contributed by atoms with Gasteiger partial charge in [-0.1, -0.05) is 48.5 Å². The molecule has 0 atom stereocenters. The molecule has 86 valence electrons. The minimum atomic E-state index is 0.279. The van der Waals surface area contributed by atoms with Crippen molar-refractivity contribution in [1.29, 1.82) is 0 Å². The molecular formula is C14H22BN. The molecule has 1 heterocycles. The summed E-state index contributed by atoms with van der Waals surface area (Å²) in [5.74, 6) is 0. The molecule has 0 bridgehead atoms. The van der Waals surface area contributed by atoms with Crippen LogP contribution in [-0.4, -0.2) is 23.7 Å². The van der Waals surface area contributed by atoms with Crippen molar-refractivity contribution in [1.82, 2.24) is 4.81 Å². The van der Waals surface area contributed by atoms with Gasteiger partial charge < -0.3 is 4.81 Å². The maximum atomic E-state index is 2.66. The van der Waals surface area contributed by atoms with Gasteiger partial charge in [0.1, 0.15) is 0 Å². The molecule has 1 aliphatic heterocycles. The van der Waals surface area contributed by atoms with E-state index in [1.54, 1.807) is 0 Å². The lowest BCUT2D eigenvalue weighted by Crippen LogP contribution is -2.58. The van der Waals surface area contributed by atoms with Crippen LogP contribution in [0, 0.1) is 0 Å². The molecule has 0 spiro atoms. The van der Waals surface area contributed by atoms with E-state index in [1.807, 2.05) is 0 Å². The Bertz CT molecular complexity index is 328. The van der Waals surface area contributed by atoms with E-state index in [4.69, 9.17) is 0 Å². The van der Waals surface area contributed by atoms with Gasteiger partial charge in [0.2, 0.25) is 0 Å². The highest BCUT2D eigenvalue weighted by atomic mass is 15.1.